The maximum atomic E-state index is 5.55. The summed E-state index contributed by atoms with van der Waals surface area (Å²) in [5.41, 5.74) is 6.72. The number of nitrogens with one attached hydrogen (secondary N) is 1. The van der Waals surface area contributed by atoms with Gasteiger partial charge in [-0.2, -0.15) is 0 Å². The van der Waals surface area contributed by atoms with Crippen LogP contribution in [0.3, 0.4) is 0 Å². The van der Waals surface area contributed by atoms with Crippen LogP contribution in [-0.2, 0) is 0 Å². The minimum Gasteiger partial charge on any atom is -0.329 e. The molecule has 66 valence electrons. The quantitative estimate of drug-likeness (QED) is 0.568. The number of hydrogen-bond acceptors (Lipinski definition) is 2. The fourth-order valence-electron chi connectivity index (χ4n) is 0.970. The van der Waals surface area contributed by atoms with Gasteiger partial charge in [-0.1, -0.05) is 25.5 Å². The molecule has 0 aliphatic carbocycles. The standard InChI is InChI=1S/C9H20N2/c1-4-5-9(6-10)11-7-8(2)3/h9,11H,2,4-7,10H2,1,3H3. The maximum Gasteiger partial charge on any atom is 0.0193 e. The van der Waals surface area contributed by atoms with Gasteiger partial charge in [-0.15, -0.1) is 0 Å². The second kappa shape index (κ2) is 6.38. The Morgan fingerprint density at radius 2 is 2.27 bits per heavy atom. The highest BCUT2D eigenvalue weighted by Crippen LogP contribution is 1.95. The summed E-state index contributed by atoms with van der Waals surface area (Å²) in [5.74, 6) is 0. The Morgan fingerprint density at radius 3 is 2.64 bits per heavy atom. The van der Waals surface area contributed by atoms with Crippen molar-refractivity contribution in [2.75, 3.05) is 13.1 Å². The molecule has 0 aromatic carbocycles. The first-order valence-electron chi connectivity index (χ1n) is 4.28. The van der Waals surface area contributed by atoms with Gasteiger partial charge in [-0.25, -0.2) is 0 Å². The summed E-state index contributed by atoms with van der Waals surface area (Å²) in [6.45, 7) is 9.62. The van der Waals surface area contributed by atoms with Gasteiger partial charge in [-0.3, -0.25) is 0 Å². The highest BCUT2D eigenvalue weighted by Gasteiger charge is 2.02. The molecule has 0 fully saturated rings. The molecule has 0 aliphatic rings. The van der Waals surface area contributed by atoms with Crippen molar-refractivity contribution in [1.82, 2.24) is 5.32 Å². The smallest absolute Gasteiger partial charge is 0.0193 e. The zero-order chi connectivity index (χ0) is 8.69. The van der Waals surface area contributed by atoms with E-state index in [1.54, 1.807) is 0 Å². The Labute approximate surface area is 69.9 Å². The van der Waals surface area contributed by atoms with Gasteiger partial charge in [0.05, 0.1) is 0 Å². The van der Waals surface area contributed by atoms with E-state index in [0.717, 1.165) is 19.5 Å². The lowest BCUT2D eigenvalue weighted by Crippen LogP contribution is -2.36. The Morgan fingerprint density at radius 1 is 1.64 bits per heavy atom. The van der Waals surface area contributed by atoms with Crippen molar-refractivity contribution in [1.29, 1.82) is 0 Å². The van der Waals surface area contributed by atoms with E-state index in [9.17, 15) is 0 Å². The summed E-state index contributed by atoms with van der Waals surface area (Å²) in [4.78, 5) is 0. The molecule has 1 unspecified atom stereocenters. The summed E-state index contributed by atoms with van der Waals surface area (Å²) >= 11 is 0. The highest BCUT2D eigenvalue weighted by atomic mass is 14.9. The molecular formula is C9H20N2. The molecule has 1 atom stereocenters. The van der Waals surface area contributed by atoms with Crippen LogP contribution in [0.15, 0.2) is 12.2 Å². The first kappa shape index (κ1) is 10.7. The van der Waals surface area contributed by atoms with Crippen LogP contribution >= 0.6 is 0 Å². The van der Waals surface area contributed by atoms with E-state index in [1.165, 1.54) is 12.0 Å². The molecule has 0 radical (unpaired) electrons. The molecule has 0 bridgehead atoms. The molecule has 0 amide bonds. The molecule has 0 aromatic heterocycles. The van der Waals surface area contributed by atoms with E-state index < -0.39 is 0 Å². The minimum atomic E-state index is 0.469. The molecular weight excluding hydrogens is 136 g/mol. The van der Waals surface area contributed by atoms with Crippen LogP contribution in [0.5, 0.6) is 0 Å². The van der Waals surface area contributed by atoms with Gasteiger partial charge >= 0.3 is 0 Å². The zero-order valence-corrected chi connectivity index (χ0v) is 7.69. The minimum absolute atomic E-state index is 0.469. The summed E-state index contributed by atoms with van der Waals surface area (Å²) in [6, 6.07) is 0.469. The molecule has 11 heavy (non-hydrogen) atoms. The van der Waals surface area contributed by atoms with Gasteiger partial charge in [0.25, 0.3) is 0 Å². The molecule has 0 aromatic rings. The van der Waals surface area contributed by atoms with Crippen molar-refractivity contribution in [3.63, 3.8) is 0 Å². The van der Waals surface area contributed by atoms with E-state index in [1.807, 2.05) is 6.92 Å². The van der Waals surface area contributed by atoms with Gasteiger partial charge in [0, 0.05) is 19.1 Å². The van der Waals surface area contributed by atoms with E-state index in [0.29, 0.717) is 6.04 Å². The van der Waals surface area contributed by atoms with Crippen molar-refractivity contribution >= 4 is 0 Å². The third-order valence-electron chi connectivity index (χ3n) is 1.61. The molecule has 0 spiro atoms. The van der Waals surface area contributed by atoms with E-state index >= 15 is 0 Å². The molecule has 2 heteroatoms. The predicted molar refractivity (Wildman–Crippen MR) is 50.6 cm³/mol. The monoisotopic (exact) mass is 156 g/mol. The summed E-state index contributed by atoms with van der Waals surface area (Å²) < 4.78 is 0. The van der Waals surface area contributed by atoms with Crippen LogP contribution in [0.4, 0.5) is 0 Å². The third-order valence-corrected chi connectivity index (χ3v) is 1.61. The van der Waals surface area contributed by atoms with E-state index in [2.05, 4.69) is 18.8 Å². The largest absolute Gasteiger partial charge is 0.329 e. The first-order valence-corrected chi connectivity index (χ1v) is 4.28. The number of hydrogen-bond donors (Lipinski definition) is 2. The maximum absolute atomic E-state index is 5.55. The van der Waals surface area contributed by atoms with Crippen molar-refractivity contribution in [3.05, 3.63) is 12.2 Å². The normalized spacial score (nSPS) is 13.0. The molecule has 0 rings (SSSR count). The van der Waals surface area contributed by atoms with E-state index in [4.69, 9.17) is 5.73 Å². The Hall–Kier alpha value is -0.340. The van der Waals surface area contributed by atoms with Crippen LogP contribution in [0.1, 0.15) is 26.7 Å². The highest BCUT2D eigenvalue weighted by molar-refractivity contribution is 4.91. The molecule has 0 saturated carbocycles. The van der Waals surface area contributed by atoms with Crippen molar-refractivity contribution in [2.24, 2.45) is 5.73 Å². The summed E-state index contributed by atoms with van der Waals surface area (Å²) in [5, 5.41) is 3.35. The molecule has 0 heterocycles. The second-order valence-electron chi connectivity index (χ2n) is 3.06. The van der Waals surface area contributed by atoms with Gasteiger partial charge in [0.1, 0.15) is 0 Å². The lowest BCUT2D eigenvalue weighted by Gasteiger charge is -2.15. The lowest BCUT2D eigenvalue weighted by atomic mass is 10.1. The van der Waals surface area contributed by atoms with Crippen LogP contribution in [0, 0.1) is 0 Å². The summed E-state index contributed by atoms with van der Waals surface area (Å²) in [6.07, 6.45) is 2.34. The average molecular weight is 156 g/mol. The SMILES string of the molecule is C=C(C)CNC(CN)CCC. The molecule has 0 aliphatic heterocycles. The van der Waals surface area contributed by atoms with Crippen molar-refractivity contribution in [3.8, 4) is 0 Å². The van der Waals surface area contributed by atoms with Crippen molar-refractivity contribution < 1.29 is 0 Å². The zero-order valence-electron chi connectivity index (χ0n) is 7.69. The van der Waals surface area contributed by atoms with Crippen LogP contribution < -0.4 is 11.1 Å². The van der Waals surface area contributed by atoms with Crippen molar-refractivity contribution in [2.45, 2.75) is 32.7 Å². The Bertz CT molecular complexity index is 110. The van der Waals surface area contributed by atoms with Gasteiger partial charge in [-0.05, 0) is 13.3 Å². The molecule has 0 saturated heterocycles. The molecule has 2 nitrogen and oxygen atoms in total. The fourth-order valence-corrected chi connectivity index (χ4v) is 0.970. The average Bonchev–Trinajstić information content (AvgIpc) is 1.97. The second-order valence-corrected chi connectivity index (χ2v) is 3.06. The van der Waals surface area contributed by atoms with E-state index in [-0.39, 0.29) is 0 Å². The van der Waals surface area contributed by atoms with Crippen LogP contribution in [-0.4, -0.2) is 19.1 Å². The van der Waals surface area contributed by atoms with Gasteiger partial charge in [0.15, 0.2) is 0 Å². The lowest BCUT2D eigenvalue weighted by molar-refractivity contribution is 0.502. The van der Waals surface area contributed by atoms with Crippen LogP contribution in [0.25, 0.3) is 0 Å². The molecule has 3 N–H and O–H groups in total. The van der Waals surface area contributed by atoms with Gasteiger partial charge < -0.3 is 11.1 Å². The van der Waals surface area contributed by atoms with Gasteiger partial charge in [0.2, 0.25) is 0 Å². The summed E-state index contributed by atoms with van der Waals surface area (Å²) in [7, 11) is 0. The Balaban J connectivity index is 3.43. The fraction of sp³-hybridized carbons (Fsp3) is 0.778. The number of rotatable bonds is 6. The first-order chi connectivity index (χ1) is 5.20. The number of nitrogens with two attached hydrogens (primary N) is 1. The topological polar surface area (TPSA) is 38.0 Å². The predicted octanol–water partition coefficient (Wildman–Crippen LogP) is 1.28. The third kappa shape index (κ3) is 6.07. The Kier molecular flexibility index (Phi) is 6.18. The van der Waals surface area contributed by atoms with Crippen LogP contribution in [0.2, 0.25) is 0 Å².